The molecule has 2 heterocycles. The molecular weight excluding hydrogens is 770 g/mol. The molecule has 0 aliphatic carbocycles. The standard InChI is InChI=1S/C39H57N9O11/c1-6-21(4)32(38(57)48-15-7-8-29(48)39(58)59)47-36(55)27(16-23-9-11-25(49)12-10-23)44-35(54)28(17-24-18-41-19-42-24)45-34(53)26(13-14-30(50)51)43-37(56)31(20(2)3)46-33(52)22(5)40/h9-12,18-22,26-29,31-32,49H,6-8,13-17,40H2,1-5H3,(H,41,42)(H,43,56)(H,44,54)(H,45,53)(H,46,52)(H,47,55)(H,50,51)(H,58,59)/t21-,22-,26-,27-,28-,29-,31-,32-/m0/s1. The summed E-state index contributed by atoms with van der Waals surface area (Å²) in [4.78, 5) is 114. The van der Waals surface area contributed by atoms with E-state index in [9.17, 15) is 53.7 Å². The topological polar surface area (TPSA) is 315 Å². The highest BCUT2D eigenvalue weighted by atomic mass is 16.4. The molecule has 1 aromatic heterocycles. The van der Waals surface area contributed by atoms with Gasteiger partial charge in [-0.1, -0.05) is 46.2 Å². The Labute approximate surface area is 341 Å². The van der Waals surface area contributed by atoms with Crippen LogP contribution in [0.4, 0.5) is 0 Å². The number of nitrogens with one attached hydrogen (secondary N) is 6. The summed E-state index contributed by atoms with van der Waals surface area (Å²) in [5.74, 6) is -8.04. The van der Waals surface area contributed by atoms with E-state index in [1.54, 1.807) is 27.7 Å². The molecule has 324 valence electrons. The molecule has 1 saturated heterocycles. The monoisotopic (exact) mass is 827 g/mol. The van der Waals surface area contributed by atoms with Crippen molar-refractivity contribution in [2.45, 2.75) is 122 Å². The van der Waals surface area contributed by atoms with Crippen molar-refractivity contribution in [2.75, 3.05) is 6.54 Å². The minimum atomic E-state index is -1.50. The highest BCUT2D eigenvalue weighted by Crippen LogP contribution is 2.22. The SMILES string of the molecule is CC[C@H](C)[C@H](NC(=O)[C@H](Cc1ccc(O)cc1)NC(=O)[C@H](Cc1c[nH]cn1)NC(=O)[C@H](CCC(=O)O)NC(=O)[C@@H](NC(=O)[C@H](C)N)C(C)C)C(=O)N1CCC[C@H]1C(=O)O. The number of nitrogens with two attached hydrogens (primary N) is 1. The van der Waals surface area contributed by atoms with Crippen LogP contribution in [0.5, 0.6) is 5.75 Å². The van der Waals surface area contributed by atoms with Crippen molar-refractivity contribution in [1.82, 2.24) is 41.5 Å². The van der Waals surface area contributed by atoms with Gasteiger partial charge in [-0.05, 0) is 55.7 Å². The van der Waals surface area contributed by atoms with Crippen LogP contribution >= 0.6 is 0 Å². The van der Waals surface area contributed by atoms with Gasteiger partial charge in [0.2, 0.25) is 35.4 Å². The average molecular weight is 828 g/mol. The van der Waals surface area contributed by atoms with E-state index in [2.05, 4.69) is 36.6 Å². The van der Waals surface area contributed by atoms with Gasteiger partial charge in [0.15, 0.2) is 0 Å². The zero-order valence-electron chi connectivity index (χ0n) is 33.9. The molecule has 1 aromatic carbocycles. The van der Waals surface area contributed by atoms with Crippen molar-refractivity contribution in [3.8, 4) is 5.75 Å². The first-order valence-corrected chi connectivity index (χ1v) is 19.6. The van der Waals surface area contributed by atoms with Gasteiger partial charge in [0.05, 0.1) is 18.1 Å². The number of carbonyl (C=O) groups is 8. The fraction of sp³-hybridized carbons (Fsp3) is 0.564. The minimum absolute atomic E-state index is 0.0535. The maximum Gasteiger partial charge on any atom is 0.326 e. The molecule has 6 amide bonds. The number of carbonyl (C=O) groups excluding carboxylic acids is 6. The van der Waals surface area contributed by atoms with E-state index < -0.39 is 114 Å². The number of aromatic nitrogens is 2. The lowest BCUT2D eigenvalue weighted by Gasteiger charge is -2.32. The van der Waals surface area contributed by atoms with E-state index in [1.165, 1.54) is 48.6 Å². The molecule has 11 N–H and O–H groups in total. The number of hydrogen-bond acceptors (Lipinski definition) is 11. The van der Waals surface area contributed by atoms with Crippen molar-refractivity contribution in [3.05, 3.63) is 48.0 Å². The van der Waals surface area contributed by atoms with Crippen LogP contribution in [0.1, 0.15) is 78.0 Å². The molecule has 1 fully saturated rings. The Hall–Kier alpha value is -6.05. The third-order valence-electron chi connectivity index (χ3n) is 10.1. The van der Waals surface area contributed by atoms with Crippen molar-refractivity contribution in [1.29, 1.82) is 0 Å². The summed E-state index contributed by atoms with van der Waals surface area (Å²) in [5, 5.41) is 42.1. The number of phenolic OH excluding ortho intramolecular Hbond substituents is 1. The first-order valence-electron chi connectivity index (χ1n) is 19.6. The number of likely N-dealkylation sites (tertiary alicyclic amines) is 1. The molecule has 0 saturated carbocycles. The molecule has 59 heavy (non-hydrogen) atoms. The van der Waals surface area contributed by atoms with Crippen LogP contribution in [-0.4, -0.2) is 126 Å². The van der Waals surface area contributed by atoms with Gasteiger partial charge >= 0.3 is 11.9 Å². The highest BCUT2D eigenvalue weighted by Gasteiger charge is 2.40. The zero-order chi connectivity index (χ0) is 44.0. The van der Waals surface area contributed by atoms with Crippen molar-refractivity contribution in [3.63, 3.8) is 0 Å². The van der Waals surface area contributed by atoms with Crippen LogP contribution in [0.15, 0.2) is 36.8 Å². The number of carboxylic acids is 2. The van der Waals surface area contributed by atoms with Crippen LogP contribution in [0.25, 0.3) is 0 Å². The molecule has 20 nitrogen and oxygen atoms in total. The number of aliphatic carboxylic acids is 2. The van der Waals surface area contributed by atoms with E-state index in [0.717, 1.165) is 0 Å². The van der Waals surface area contributed by atoms with Crippen molar-refractivity contribution in [2.24, 2.45) is 17.6 Å². The predicted octanol–water partition coefficient (Wildman–Crippen LogP) is -0.686. The number of aromatic hydroxyl groups is 1. The molecule has 2 aromatic rings. The van der Waals surface area contributed by atoms with Gasteiger partial charge in [-0.3, -0.25) is 33.6 Å². The molecule has 0 unspecified atom stereocenters. The molecule has 1 aliphatic heterocycles. The molecule has 0 bridgehead atoms. The van der Waals surface area contributed by atoms with Crippen LogP contribution in [0, 0.1) is 11.8 Å². The number of rotatable bonds is 22. The zero-order valence-corrected chi connectivity index (χ0v) is 33.9. The van der Waals surface area contributed by atoms with E-state index in [1.807, 2.05) is 0 Å². The van der Waals surface area contributed by atoms with Gasteiger partial charge in [-0.25, -0.2) is 9.78 Å². The number of benzene rings is 1. The minimum Gasteiger partial charge on any atom is -0.508 e. The maximum absolute atomic E-state index is 14.2. The lowest BCUT2D eigenvalue weighted by molar-refractivity contribution is -0.150. The highest BCUT2D eigenvalue weighted by molar-refractivity contribution is 5.97. The number of nitrogens with zero attached hydrogens (tertiary/aromatic N) is 2. The lowest BCUT2D eigenvalue weighted by Crippen LogP contribution is -2.61. The number of aromatic amines is 1. The van der Waals surface area contributed by atoms with Crippen LogP contribution in [0.3, 0.4) is 0 Å². The normalized spacial score (nSPS) is 17.3. The Balaban J connectivity index is 1.95. The Morgan fingerprint density at radius 1 is 0.814 bits per heavy atom. The van der Waals surface area contributed by atoms with Gasteiger partial charge in [0.1, 0.15) is 42.0 Å². The summed E-state index contributed by atoms with van der Waals surface area (Å²) < 4.78 is 0. The van der Waals surface area contributed by atoms with Gasteiger partial charge < -0.3 is 57.5 Å². The van der Waals surface area contributed by atoms with Gasteiger partial charge in [0.25, 0.3) is 0 Å². The molecule has 0 spiro atoms. The second-order valence-electron chi connectivity index (χ2n) is 15.2. The number of hydrogen-bond donors (Lipinski definition) is 10. The van der Waals surface area contributed by atoms with Crippen LogP contribution < -0.4 is 32.3 Å². The first kappa shape index (κ1) is 47.3. The van der Waals surface area contributed by atoms with E-state index in [-0.39, 0.29) is 31.6 Å². The maximum atomic E-state index is 14.2. The first-order chi connectivity index (χ1) is 27.8. The van der Waals surface area contributed by atoms with Crippen molar-refractivity contribution < 1.29 is 53.7 Å². The fourth-order valence-corrected chi connectivity index (χ4v) is 6.46. The second kappa shape index (κ2) is 22.2. The summed E-state index contributed by atoms with van der Waals surface area (Å²) >= 11 is 0. The molecule has 8 atom stereocenters. The van der Waals surface area contributed by atoms with Crippen molar-refractivity contribution >= 4 is 47.4 Å². The van der Waals surface area contributed by atoms with Crippen LogP contribution in [-0.2, 0) is 51.2 Å². The number of H-pyrrole nitrogens is 1. The summed E-state index contributed by atoms with van der Waals surface area (Å²) in [6.45, 7) is 8.44. The number of carboxylic acid groups (broad SMARTS) is 2. The third-order valence-corrected chi connectivity index (χ3v) is 10.1. The Morgan fingerprint density at radius 2 is 1.39 bits per heavy atom. The number of phenols is 1. The van der Waals surface area contributed by atoms with E-state index in [4.69, 9.17) is 5.73 Å². The summed E-state index contributed by atoms with van der Waals surface area (Å²) in [6, 6.07) is -2.84. The van der Waals surface area contributed by atoms with Gasteiger partial charge in [-0.15, -0.1) is 0 Å². The third kappa shape index (κ3) is 14.1. The molecular formula is C39H57N9O11. The average Bonchev–Trinajstić information content (AvgIpc) is 3.90. The van der Waals surface area contributed by atoms with Crippen LogP contribution in [0.2, 0.25) is 0 Å². The smallest absolute Gasteiger partial charge is 0.326 e. The second-order valence-corrected chi connectivity index (χ2v) is 15.2. The fourth-order valence-electron chi connectivity index (χ4n) is 6.46. The quantitative estimate of drug-likeness (QED) is 0.0704. The van der Waals surface area contributed by atoms with E-state index >= 15 is 0 Å². The lowest BCUT2D eigenvalue weighted by atomic mass is 9.96. The summed E-state index contributed by atoms with van der Waals surface area (Å²) in [5.41, 5.74) is 6.48. The molecule has 1 aliphatic rings. The Kier molecular flexibility index (Phi) is 17.8. The Morgan fingerprint density at radius 3 is 1.93 bits per heavy atom. The van der Waals surface area contributed by atoms with Gasteiger partial charge in [-0.2, -0.15) is 0 Å². The number of imidazole rings is 1. The molecule has 20 heteroatoms. The summed E-state index contributed by atoms with van der Waals surface area (Å²) in [7, 11) is 0. The predicted molar refractivity (Wildman–Crippen MR) is 211 cm³/mol. The summed E-state index contributed by atoms with van der Waals surface area (Å²) in [6.07, 6.45) is 2.64. The largest absolute Gasteiger partial charge is 0.508 e. The molecule has 3 rings (SSSR count). The molecule has 0 radical (unpaired) electrons. The Bertz CT molecular complexity index is 1790. The number of amides is 6. The van der Waals surface area contributed by atoms with Gasteiger partial charge in [0, 0.05) is 32.0 Å². The van der Waals surface area contributed by atoms with E-state index in [0.29, 0.717) is 24.1 Å².